The highest BCUT2D eigenvalue weighted by Crippen LogP contribution is 2.39. The van der Waals surface area contributed by atoms with Crippen molar-refractivity contribution in [3.8, 4) is 0 Å². The second kappa shape index (κ2) is 11.9. The highest BCUT2D eigenvalue weighted by molar-refractivity contribution is 5.73. The summed E-state index contributed by atoms with van der Waals surface area (Å²) in [5.41, 5.74) is 1.84. The molecule has 0 bridgehead atoms. The number of hydrogen-bond acceptors (Lipinski definition) is 4. The van der Waals surface area contributed by atoms with Gasteiger partial charge < -0.3 is 15.2 Å². The second-order valence-electron chi connectivity index (χ2n) is 11.6. The predicted molar refractivity (Wildman–Crippen MR) is 140 cm³/mol. The van der Waals surface area contributed by atoms with E-state index in [-0.39, 0.29) is 11.7 Å². The molecule has 0 unspecified atom stereocenters. The molecular weight excluding hydrogens is 469 g/mol. The highest BCUT2D eigenvalue weighted by atomic mass is 19.1. The van der Waals surface area contributed by atoms with Gasteiger partial charge in [0.1, 0.15) is 11.9 Å². The summed E-state index contributed by atoms with van der Waals surface area (Å²) >= 11 is 0. The van der Waals surface area contributed by atoms with Gasteiger partial charge in [0.05, 0.1) is 0 Å². The van der Waals surface area contributed by atoms with E-state index in [4.69, 9.17) is 0 Å². The van der Waals surface area contributed by atoms with Crippen molar-refractivity contribution in [1.82, 2.24) is 9.80 Å². The van der Waals surface area contributed by atoms with Crippen molar-refractivity contribution in [1.29, 1.82) is 0 Å². The molecule has 0 amide bonds. The van der Waals surface area contributed by atoms with Crippen LogP contribution in [0.2, 0.25) is 0 Å². The molecule has 5 rings (SSSR count). The molecule has 7 heteroatoms. The molecule has 3 heterocycles. The fourth-order valence-corrected chi connectivity index (χ4v) is 6.55. The second-order valence-corrected chi connectivity index (χ2v) is 11.6. The first kappa shape index (κ1) is 26.1. The van der Waals surface area contributed by atoms with E-state index in [1.54, 1.807) is 24.4 Å². The first-order chi connectivity index (χ1) is 18.0. The van der Waals surface area contributed by atoms with Crippen LogP contribution >= 0.6 is 0 Å². The van der Waals surface area contributed by atoms with Gasteiger partial charge in [-0.2, -0.15) is 4.73 Å². The lowest BCUT2D eigenvalue weighted by atomic mass is 9.87. The van der Waals surface area contributed by atoms with Crippen molar-refractivity contribution in [3.05, 3.63) is 70.9 Å². The Balaban J connectivity index is 1.16. The summed E-state index contributed by atoms with van der Waals surface area (Å²) in [6.07, 6.45) is 9.92. The Morgan fingerprint density at radius 1 is 1.08 bits per heavy atom. The number of likely N-dealkylation sites (tertiary alicyclic amines) is 2. The Morgan fingerprint density at radius 3 is 2.59 bits per heavy atom. The number of carboxylic acids is 1. The van der Waals surface area contributed by atoms with Crippen molar-refractivity contribution in [2.75, 3.05) is 32.7 Å². The Morgan fingerprint density at radius 2 is 1.89 bits per heavy atom. The average Bonchev–Trinajstić information content (AvgIpc) is 3.62. The summed E-state index contributed by atoms with van der Waals surface area (Å²) in [4.78, 5) is 16.8. The minimum atomic E-state index is -0.718. The number of aryl methyl sites for hydroxylation is 1. The smallest absolute Gasteiger partial charge is 0.320 e. The van der Waals surface area contributed by atoms with Crippen LogP contribution in [-0.2, 0) is 11.2 Å². The lowest BCUT2D eigenvalue weighted by molar-refractivity contribution is -0.614. The van der Waals surface area contributed by atoms with Gasteiger partial charge in [-0.15, -0.1) is 0 Å². The zero-order chi connectivity index (χ0) is 25.8. The van der Waals surface area contributed by atoms with E-state index in [1.165, 1.54) is 6.07 Å². The summed E-state index contributed by atoms with van der Waals surface area (Å²) < 4.78 is 15.1. The topological polar surface area (TPSA) is 70.7 Å². The molecule has 3 fully saturated rings. The molecule has 1 N–H and O–H groups in total. The molecule has 0 spiro atoms. The van der Waals surface area contributed by atoms with Crippen molar-refractivity contribution in [3.63, 3.8) is 0 Å². The highest BCUT2D eigenvalue weighted by Gasteiger charge is 2.42. The van der Waals surface area contributed by atoms with Gasteiger partial charge in [-0.05, 0) is 80.6 Å². The number of halogens is 1. The summed E-state index contributed by atoms with van der Waals surface area (Å²) in [5.74, 6) is 0.747. The maximum absolute atomic E-state index is 14.1. The Labute approximate surface area is 219 Å². The van der Waals surface area contributed by atoms with E-state index >= 15 is 0 Å². The molecule has 2 saturated heterocycles. The molecule has 1 aromatic heterocycles. The molecule has 3 atom stereocenters. The molecule has 2 aliphatic heterocycles. The van der Waals surface area contributed by atoms with Gasteiger partial charge in [-0.25, -0.2) is 4.39 Å². The van der Waals surface area contributed by atoms with Crippen LogP contribution in [0.1, 0.15) is 62.1 Å². The quantitative estimate of drug-likeness (QED) is 0.358. The number of pyridine rings is 1. The normalized spacial score (nSPS) is 24.4. The van der Waals surface area contributed by atoms with Crippen LogP contribution in [0.15, 0.2) is 48.7 Å². The number of hydrogen-bond donors (Lipinski definition) is 1. The number of piperidine rings is 1. The summed E-state index contributed by atoms with van der Waals surface area (Å²) in [6.45, 7) is 4.48. The lowest BCUT2D eigenvalue weighted by Crippen LogP contribution is -2.41. The third-order valence-electron chi connectivity index (χ3n) is 8.87. The number of nitrogens with zero attached hydrogens (tertiary/aromatic N) is 3. The van der Waals surface area contributed by atoms with E-state index in [2.05, 4.69) is 9.80 Å². The Hall–Kier alpha value is -2.51. The minimum absolute atomic E-state index is 0.152. The molecule has 3 aliphatic rings. The summed E-state index contributed by atoms with van der Waals surface area (Å²) in [6, 6.07) is 12.1. The minimum Gasteiger partial charge on any atom is -0.619 e. The molecule has 2 aromatic rings. The van der Waals surface area contributed by atoms with Gasteiger partial charge in [-0.1, -0.05) is 31.0 Å². The number of carbonyl (C=O) groups is 1. The van der Waals surface area contributed by atoms with Crippen LogP contribution in [0, 0.1) is 28.8 Å². The molecule has 1 aliphatic carbocycles. The van der Waals surface area contributed by atoms with E-state index < -0.39 is 12.0 Å². The van der Waals surface area contributed by atoms with Gasteiger partial charge in [0.25, 0.3) is 0 Å². The maximum Gasteiger partial charge on any atom is 0.320 e. The molecule has 0 radical (unpaired) electrons. The molecule has 1 saturated carbocycles. The Bertz CT molecular complexity index is 1050. The standard InChI is InChI=1S/C30H40FN3O3/c31-26-7-4-6-24(18-26)28-21-33(29(30(35)36)17-23-10-11-23)20-25(28)19-32-15-12-22(13-16-32)5-3-9-27-8-1-2-14-34(27)37/h1-2,4,6-8,14,18,22-23,25,28-29H,3,5,9-13,15-17,19-21H2,(H,35,36)/t25-,28+,29+/m0/s1. The summed E-state index contributed by atoms with van der Waals surface area (Å²) in [5, 5.41) is 21.8. The third kappa shape index (κ3) is 6.88. The summed E-state index contributed by atoms with van der Waals surface area (Å²) in [7, 11) is 0. The fraction of sp³-hybridized carbons (Fsp3) is 0.600. The largest absolute Gasteiger partial charge is 0.619 e. The van der Waals surface area contributed by atoms with E-state index in [9.17, 15) is 19.5 Å². The van der Waals surface area contributed by atoms with E-state index in [0.29, 0.717) is 24.3 Å². The van der Waals surface area contributed by atoms with E-state index in [0.717, 1.165) is 93.5 Å². The third-order valence-corrected chi connectivity index (χ3v) is 8.87. The lowest BCUT2D eigenvalue weighted by Gasteiger charge is -2.35. The van der Waals surface area contributed by atoms with Crippen molar-refractivity contribution < 1.29 is 19.0 Å². The number of aromatic nitrogens is 1. The SMILES string of the molecule is O=C(O)[C@@H](CC1CC1)N1C[C@H](CN2CCC(CCCc3cccc[n+]3[O-])CC2)[C@@H](c2cccc(F)c2)C1. The number of aliphatic carboxylic acids is 1. The van der Waals surface area contributed by atoms with Crippen molar-refractivity contribution >= 4 is 5.97 Å². The number of rotatable bonds is 11. The predicted octanol–water partition coefficient (Wildman–Crippen LogP) is 4.46. The number of benzene rings is 1. The van der Waals surface area contributed by atoms with Crippen LogP contribution in [0.5, 0.6) is 0 Å². The fourth-order valence-electron chi connectivity index (χ4n) is 6.55. The Kier molecular flexibility index (Phi) is 8.40. The van der Waals surface area contributed by atoms with Gasteiger partial charge in [-0.3, -0.25) is 9.69 Å². The molecular formula is C30H40FN3O3. The molecule has 37 heavy (non-hydrogen) atoms. The molecule has 6 nitrogen and oxygen atoms in total. The maximum atomic E-state index is 14.1. The van der Waals surface area contributed by atoms with Crippen molar-refractivity contribution in [2.24, 2.45) is 17.8 Å². The van der Waals surface area contributed by atoms with Crippen LogP contribution in [0.25, 0.3) is 0 Å². The molecule has 1 aromatic carbocycles. The van der Waals surface area contributed by atoms with Gasteiger partial charge >= 0.3 is 5.97 Å². The first-order valence-electron chi connectivity index (χ1n) is 14.1. The molecule has 200 valence electrons. The zero-order valence-corrected chi connectivity index (χ0v) is 21.7. The zero-order valence-electron chi connectivity index (χ0n) is 21.7. The first-order valence-corrected chi connectivity index (χ1v) is 14.1. The number of carboxylic acid groups (broad SMARTS) is 1. The van der Waals surface area contributed by atoms with Gasteiger partial charge in [0, 0.05) is 44.1 Å². The monoisotopic (exact) mass is 509 g/mol. The van der Waals surface area contributed by atoms with Crippen LogP contribution in [-0.4, -0.2) is 59.6 Å². The van der Waals surface area contributed by atoms with Crippen molar-refractivity contribution in [2.45, 2.75) is 63.3 Å². The average molecular weight is 510 g/mol. The van der Waals surface area contributed by atoms with Gasteiger partial charge in [0.2, 0.25) is 0 Å². The van der Waals surface area contributed by atoms with E-state index in [1.807, 2.05) is 18.2 Å². The van der Waals surface area contributed by atoms with Crippen LogP contribution < -0.4 is 4.73 Å². The van der Waals surface area contributed by atoms with Crippen LogP contribution in [0.4, 0.5) is 4.39 Å². The van der Waals surface area contributed by atoms with Crippen LogP contribution in [0.3, 0.4) is 0 Å². The van der Waals surface area contributed by atoms with Gasteiger partial charge in [0.15, 0.2) is 11.9 Å².